The second kappa shape index (κ2) is 6.54. The van der Waals surface area contributed by atoms with Crippen LogP contribution in [0.25, 0.3) is 0 Å². The number of pyridine rings is 1. The lowest BCUT2D eigenvalue weighted by atomic mass is 9.97. The molecule has 2 atom stereocenters. The van der Waals surface area contributed by atoms with Crippen molar-refractivity contribution in [1.82, 2.24) is 10.3 Å². The van der Waals surface area contributed by atoms with Gasteiger partial charge in [-0.15, -0.1) is 0 Å². The summed E-state index contributed by atoms with van der Waals surface area (Å²) in [7, 11) is 0. The Bertz CT molecular complexity index is 437. The van der Waals surface area contributed by atoms with Gasteiger partial charge in [0.15, 0.2) is 0 Å². The molecule has 20 heavy (non-hydrogen) atoms. The summed E-state index contributed by atoms with van der Waals surface area (Å²) in [6.07, 6.45) is -0.715. The molecule has 0 spiro atoms. The second-order valence-corrected chi connectivity index (χ2v) is 4.99. The van der Waals surface area contributed by atoms with E-state index < -0.39 is 12.8 Å². The first-order chi connectivity index (χ1) is 9.51. The Balaban J connectivity index is 1.99. The van der Waals surface area contributed by atoms with Crippen LogP contribution in [0.1, 0.15) is 30.5 Å². The van der Waals surface area contributed by atoms with Crippen molar-refractivity contribution in [2.24, 2.45) is 0 Å². The van der Waals surface area contributed by atoms with Gasteiger partial charge in [0.25, 0.3) is 0 Å². The van der Waals surface area contributed by atoms with Crippen LogP contribution in [0.4, 0.5) is 13.2 Å². The van der Waals surface area contributed by atoms with Crippen molar-refractivity contribution < 1.29 is 17.9 Å². The lowest BCUT2D eigenvalue weighted by molar-refractivity contribution is -0.175. The Hall–Kier alpha value is -1.14. The molecule has 0 amide bonds. The normalized spacial score (nSPS) is 19.9. The Labute approximate surface area is 116 Å². The summed E-state index contributed by atoms with van der Waals surface area (Å²) in [6.45, 7) is 1.48. The number of aryl methyl sites for hydroxylation is 1. The average molecular weight is 288 g/mol. The second-order valence-electron chi connectivity index (χ2n) is 4.99. The van der Waals surface area contributed by atoms with E-state index in [4.69, 9.17) is 4.74 Å². The van der Waals surface area contributed by atoms with E-state index in [2.05, 4.69) is 10.3 Å². The van der Waals surface area contributed by atoms with Gasteiger partial charge in [0, 0.05) is 23.9 Å². The first-order valence-electron chi connectivity index (χ1n) is 6.83. The first-order valence-corrected chi connectivity index (χ1v) is 6.83. The van der Waals surface area contributed by atoms with Crippen LogP contribution in [0.3, 0.4) is 0 Å². The van der Waals surface area contributed by atoms with Gasteiger partial charge in [-0.2, -0.15) is 13.2 Å². The minimum Gasteiger partial charge on any atom is -0.370 e. The molecule has 2 rings (SSSR count). The van der Waals surface area contributed by atoms with Crippen molar-refractivity contribution in [3.8, 4) is 0 Å². The summed E-state index contributed by atoms with van der Waals surface area (Å²) >= 11 is 0. The Kier molecular flexibility index (Phi) is 4.99. The molecule has 0 fully saturated rings. The quantitative estimate of drug-likeness (QED) is 0.874. The van der Waals surface area contributed by atoms with Crippen molar-refractivity contribution >= 4 is 0 Å². The fraction of sp³-hybridized carbons (Fsp3) is 0.643. The van der Waals surface area contributed by atoms with Gasteiger partial charge in [0.05, 0.1) is 6.61 Å². The van der Waals surface area contributed by atoms with Crippen LogP contribution in [0.15, 0.2) is 18.3 Å². The minimum absolute atomic E-state index is 0.0496. The van der Waals surface area contributed by atoms with E-state index in [0.29, 0.717) is 6.54 Å². The highest BCUT2D eigenvalue weighted by molar-refractivity contribution is 5.30. The fourth-order valence-electron chi connectivity index (χ4n) is 2.72. The van der Waals surface area contributed by atoms with Gasteiger partial charge in [0.1, 0.15) is 6.61 Å². The molecule has 1 aliphatic carbocycles. The zero-order valence-electron chi connectivity index (χ0n) is 11.4. The van der Waals surface area contributed by atoms with E-state index in [-0.39, 0.29) is 18.6 Å². The third-order valence-corrected chi connectivity index (χ3v) is 3.52. The molecule has 3 nitrogen and oxygen atoms in total. The summed E-state index contributed by atoms with van der Waals surface area (Å²) in [6, 6.07) is 3.80. The largest absolute Gasteiger partial charge is 0.411 e. The van der Waals surface area contributed by atoms with E-state index >= 15 is 0 Å². The number of halogens is 3. The summed E-state index contributed by atoms with van der Waals surface area (Å²) in [5.74, 6) is 0.124. The molecule has 0 saturated heterocycles. The summed E-state index contributed by atoms with van der Waals surface area (Å²) < 4.78 is 41.3. The number of ether oxygens (including phenoxy) is 1. The molecule has 0 aromatic carbocycles. The molecule has 0 bridgehead atoms. The molecule has 2 unspecified atom stereocenters. The van der Waals surface area contributed by atoms with Crippen LogP contribution < -0.4 is 5.32 Å². The molecule has 1 heterocycles. The number of alkyl halides is 3. The van der Waals surface area contributed by atoms with Crippen molar-refractivity contribution in [1.29, 1.82) is 0 Å². The van der Waals surface area contributed by atoms with Gasteiger partial charge in [-0.3, -0.25) is 4.98 Å². The van der Waals surface area contributed by atoms with Crippen LogP contribution in [0, 0.1) is 0 Å². The number of fused-ring (bicyclic) bond motifs is 1. The number of likely N-dealkylation sites (N-methyl/N-ethyl adjacent to an activating group) is 1. The molecule has 1 aromatic rings. The number of hydrogen-bond acceptors (Lipinski definition) is 3. The number of nitrogens with one attached hydrogen (secondary N) is 1. The van der Waals surface area contributed by atoms with Crippen LogP contribution in [-0.4, -0.2) is 37.0 Å². The standard InChI is InChI=1S/C14H19F3N2O/c1-2-18-12(8-20-9-14(15,16)17)11-6-5-10-4-3-7-19-13(10)11/h3-4,7,11-12,18H,2,5-6,8-9H2,1H3. The zero-order chi connectivity index (χ0) is 14.6. The van der Waals surface area contributed by atoms with Crippen molar-refractivity contribution in [3.05, 3.63) is 29.6 Å². The smallest absolute Gasteiger partial charge is 0.370 e. The summed E-state index contributed by atoms with van der Waals surface area (Å²) in [5.41, 5.74) is 2.19. The SMILES string of the molecule is CCNC(COCC(F)(F)F)C1CCc2cccnc21. The van der Waals surface area contributed by atoms with Crippen LogP contribution in [0.5, 0.6) is 0 Å². The topological polar surface area (TPSA) is 34.1 Å². The lowest BCUT2D eigenvalue weighted by Gasteiger charge is -2.24. The van der Waals surface area contributed by atoms with E-state index in [0.717, 1.165) is 18.5 Å². The van der Waals surface area contributed by atoms with Crippen molar-refractivity contribution in [2.45, 2.75) is 37.9 Å². The molecule has 0 aliphatic heterocycles. The zero-order valence-corrected chi connectivity index (χ0v) is 11.4. The maximum atomic E-state index is 12.2. The molecule has 1 aromatic heterocycles. The monoisotopic (exact) mass is 288 g/mol. The molecule has 1 N–H and O–H groups in total. The van der Waals surface area contributed by atoms with Gasteiger partial charge >= 0.3 is 6.18 Å². The number of nitrogens with zero attached hydrogens (tertiary/aromatic N) is 1. The van der Waals surface area contributed by atoms with Gasteiger partial charge in [0.2, 0.25) is 0 Å². The molecule has 0 saturated carbocycles. The molecular weight excluding hydrogens is 269 g/mol. The van der Waals surface area contributed by atoms with Crippen LogP contribution >= 0.6 is 0 Å². The Morgan fingerprint density at radius 1 is 1.50 bits per heavy atom. The Morgan fingerprint density at radius 3 is 3.00 bits per heavy atom. The highest BCUT2D eigenvalue weighted by Gasteiger charge is 2.32. The third-order valence-electron chi connectivity index (χ3n) is 3.52. The van der Waals surface area contributed by atoms with Crippen molar-refractivity contribution in [3.63, 3.8) is 0 Å². The molecule has 6 heteroatoms. The third kappa shape index (κ3) is 3.93. The predicted molar refractivity (Wildman–Crippen MR) is 69.6 cm³/mol. The number of rotatable bonds is 6. The van der Waals surface area contributed by atoms with Crippen LogP contribution in [-0.2, 0) is 11.2 Å². The van der Waals surface area contributed by atoms with Gasteiger partial charge in [-0.1, -0.05) is 13.0 Å². The lowest BCUT2D eigenvalue weighted by Crippen LogP contribution is -2.39. The Morgan fingerprint density at radius 2 is 2.30 bits per heavy atom. The molecular formula is C14H19F3N2O. The van der Waals surface area contributed by atoms with E-state index in [1.54, 1.807) is 6.20 Å². The van der Waals surface area contributed by atoms with Gasteiger partial charge in [-0.05, 0) is 31.0 Å². The van der Waals surface area contributed by atoms with Crippen molar-refractivity contribution in [2.75, 3.05) is 19.8 Å². The van der Waals surface area contributed by atoms with Gasteiger partial charge < -0.3 is 10.1 Å². The van der Waals surface area contributed by atoms with E-state index in [1.807, 2.05) is 19.1 Å². The molecule has 1 aliphatic rings. The highest BCUT2D eigenvalue weighted by atomic mass is 19.4. The number of aromatic nitrogens is 1. The first kappa shape index (κ1) is 15.3. The summed E-state index contributed by atoms with van der Waals surface area (Å²) in [4.78, 5) is 4.38. The van der Waals surface area contributed by atoms with Gasteiger partial charge in [-0.25, -0.2) is 0 Å². The maximum absolute atomic E-state index is 12.2. The van der Waals surface area contributed by atoms with E-state index in [9.17, 15) is 13.2 Å². The molecule has 0 radical (unpaired) electrons. The average Bonchev–Trinajstić information content (AvgIpc) is 2.80. The maximum Gasteiger partial charge on any atom is 0.411 e. The predicted octanol–water partition coefficient (Wildman–Crippen LogP) is 2.67. The highest BCUT2D eigenvalue weighted by Crippen LogP contribution is 2.34. The molecule has 112 valence electrons. The fourth-order valence-corrected chi connectivity index (χ4v) is 2.72. The summed E-state index contributed by atoms with van der Waals surface area (Å²) in [5, 5.41) is 3.22. The van der Waals surface area contributed by atoms with Crippen LogP contribution in [0.2, 0.25) is 0 Å². The van der Waals surface area contributed by atoms with E-state index in [1.165, 1.54) is 5.56 Å². The minimum atomic E-state index is -4.28. The number of hydrogen-bond donors (Lipinski definition) is 1.